The van der Waals surface area contributed by atoms with Gasteiger partial charge in [0.1, 0.15) is 17.5 Å². The van der Waals surface area contributed by atoms with Gasteiger partial charge in [0.2, 0.25) is 17.7 Å². The minimum atomic E-state index is -0.537. The fraction of sp³-hybridized carbons (Fsp3) is 0.355. The average molecular weight is 562 g/mol. The van der Waals surface area contributed by atoms with Crippen LogP contribution in [0.25, 0.3) is 0 Å². The van der Waals surface area contributed by atoms with E-state index in [-0.39, 0.29) is 30.2 Å². The molecular formula is C31H33F2N5O3. The molecule has 3 aliphatic rings. The number of hydrogen-bond donors (Lipinski definition) is 3. The van der Waals surface area contributed by atoms with E-state index < -0.39 is 17.2 Å². The number of amides is 3. The standard InChI is InChI=1S/C25H29N5O3.C6H4F2/c31-22(16-30-12-11-27-25(24(30)33)8-2-3-9-25)28-20-7-6-17-13-19(14-18(17)15-20)23(32)29-21-5-1-4-10-26-21;7-5-2-1-3-6(8)4-5/h1,4-7,10,15,19,27H,2-3,8-9,11-14,16H2,(H,28,31)(H,26,29,32);1-4H. The quantitative estimate of drug-likeness (QED) is 0.436. The summed E-state index contributed by atoms with van der Waals surface area (Å²) in [6, 6.07) is 15.8. The van der Waals surface area contributed by atoms with E-state index in [1.54, 1.807) is 17.2 Å². The van der Waals surface area contributed by atoms with E-state index >= 15 is 0 Å². The highest BCUT2D eigenvalue weighted by Gasteiger charge is 2.45. The van der Waals surface area contributed by atoms with Gasteiger partial charge in [0.25, 0.3) is 0 Å². The van der Waals surface area contributed by atoms with E-state index in [1.807, 2.05) is 30.3 Å². The number of pyridine rings is 1. The predicted octanol–water partition coefficient (Wildman–Crippen LogP) is 4.08. The molecule has 1 saturated heterocycles. The third kappa shape index (κ3) is 6.94. The first-order chi connectivity index (χ1) is 19.8. The smallest absolute Gasteiger partial charge is 0.243 e. The van der Waals surface area contributed by atoms with Gasteiger partial charge in [0.15, 0.2) is 0 Å². The highest BCUT2D eigenvalue weighted by molar-refractivity contribution is 5.97. The molecule has 41 heavy (non-hydrogen) atoms. The van der Waals surface area contributed by atoms with Crippen LogP contribution in [-0.2, 0) is 27.2 Å². The van der Waals surface area contributed by atoms with Gasteiger partial charge in [0, 0.05) is 37.0 Å². The number of halogens is 2. The highest BCUT2D eigenvalue weighted by Crippen LogP contribution is 2.33. The maximum Gasteiger partial charge on any atom is 0.243 e. The van der Waals surface area contributed by atoms with Crippen LogP contribution in [0.2, 0.25) is 0 Å². The molecule has 2 aliphatic carbocycles. The zero-order chi connectivity index (χ0) is 28.8. The van der Waals surface area contributed by atoms with Crippen molar-refractivity contribution in [2.75, 3.05) is 30.3 Å². The first-order valence-corrected chi connectivity index (χ1v) is 13.9. The van der Waals surface area contributed by atoms with Crippen LogP contribution < -0.4 is 16.0 Å². The molecule has 2 heterocycles. The number of carbonyl (C=O) groups is 3. The minimum absolute atomic E-state index is 0.0476. The van der Waals surface area contributed by atoms with Crippen molar-refractivity contribution in [3.05, 3.63) is 89.6 Å². The molecule has 0 bridgehead atoms. The number of fused-ring (bicyclic) bond motifs is 1. The lowest BCUT2D eigenvalue weighted by atomic mass is 9.93. The van der Waals surface area contributed by atoms with Crippen LogP contribution in [0, 0.1) is 17.6 Å². The Bertz CT molecular complexity index is 1390. The van der Waals surface area contributed by atoms with E-state index in [1.165, 1.54) is 18.2 Å². The Kier molecular flexibility index (Phi) is 8.68. The summed E-state index contributed by atoms with van der Waals surface area (Å²) in [7, 11) is 0. The molecule has 2 fully saturated rings. The second-order valence-corrected chi connectivity index (χ2v) is 10.7. The van der Waals surface area contributed by atoms with Crippen molar-refractivity contribution in [1.29, 1.82) is 0 Å². The number of anilines is 2. The molecule has 1 aromatic heterocycles. The number of piperazine rings is 1. The fourth-order valence-electron chi connectivity index (χ4n) is 5.81. The molecule has 0 radical (unpaired) electrons. The second kappa shape index (κ2) is 12.6. The molecule has 1 spiro atoms. The number of nitrogens with zero attached hydrogens (tertiary/aromatic N) is 2. The number of carbonyl (C=O) groups excluding carboxylic acids is 3. The number of rotatable bonds is 5. The Hall–Kier alpha value is -4.18. The Morgan fingerprint density at radius 3 is 2.39 bits per heavy atom. The summed E-state index contributed by atoms with van der Waals surface area (Å²) in [6.07, 6.45) is 6.74. The molecule has 6 rings (SSSR count). The van der Waals surface area contributed by atoms with Crippen molar-refractivity contribution in [1.82, 2.24) is 15.2 Å². The SMILES string of the molecule is Fc1cccc(F)c1.O=C(CN1CCNC2(CCCC2)C1=O)Nc1ccc2c(c1)CC(C(=O)Nc1ccccn1)C2. The van der Waals surface area contributed by atoms with Gasteiger partial charge in [-0.05, 0) is 73.2 Å². The van der Waals surface area contributed by atoms with Crippen molar-refractivity contribution in [2.24, 2.45) is 5.92 Å². The minimum Gasteiger partial charge on any atom is -0.330 e. The molecule has 3 aromatic rings. The second-order valence-electron chi connectivity index (χ2n) is 10.7. The lowest BCUT2D eigenvalue weighted by molar-refractivity contribution is -0.143. The fourth-order valence-corrected chi connectivity index (χ4v) is 5.81. The van der Waals surface area contributed by atoms with E-state index in [0.717, 1.165) is 49.4 Å². The van der Waals surface area contributed by atoms with Gasteiger partial charge in [-0.2, -0.15) is 0 Å². The van der Waals surface area contributed by atoms with E-state index in [0.29, 0.717) is 30.9 Å². The van der Waals surface area contributed by atoms with Crippen molar-refractivity contribution < 1.29 is 23.2 Å². The monoisotopic (exact) mass is 561 g/mol. The summed E-state index contributed by atoms with van der Waals surface area (Å²) in [5.41, 5.74) is 2.42. The van der Waals surface area contributed by atoms with Gasteiger partial charge in [-0.1, -0.05) is 31.0 Å². The maximum absolute atomic E-state index is 13.0. The lowest BCUT2D eigenvalue weighted by Gasteiger charge is -2.40. The third-order valence-corrected chi connectivity index (χ3v) is 7.83. The molecule has 214 valence electrons. The van der Waals surface area contributed by atoms with E-state index in [4.69, 9.17) is 0 Å². The van der Waals surface area contributed by atoms with Crippen LogP contribution in [-0.4, -0.2) is 52.8 Å². The highest BCUT2D eigenvalue weighted by atomic mass is 19.1. The van der Waals surface area contributed by atoms with E-state index in [9.17, 15) is 23.2 Å². The van der Waals surface area contributed by atoms with Gasteiger partial charge in [-0.3, -0.25) is 14.4 Å². The molecule has 1 saturated carbocycles. The first-order valence-electron chi connectivity index (χ1n) is 13.9. The summed E-state index contributed by atoms with van der Waals surface area (Å²) in [5.74, 6) is -0.872. The topological polar surface area (TPSA) is 103 Å². The maximum atomic E-state index is 13.0. The van der Waals surface area contributed by atoms with Crippen LogP contribution in [0.4, 0.5) is 20.3 Å². The van der Waals surface area contributed by atoms with Crippen molar-refractivity contribution in [2.45, 2.75) is 44.1 Å². The third-order valence-electron chi connectivity index (χ3n) is 7.83. The summed E-state index contributed by atoms with van der Waals surface area (Å²) in [4.78, 5) is 44.1. The number of hydrogen-bond acceptors (Lipinski definition) is 5. The van der Waals surface area contributed by atoms with Crippen LogP contribution in [0.1, 0.15) is 36.8 Å². The number of benzene rings is 2. The van der Waals surface area contributed by atoms with E-state index in [2.05, 4.69) is 20.9 Å². The molecule has 1 unspecified atom stereocenters. The van der Waals surface area contributed by atoms with Gasteiger partial charge in [-0.15, -0.1) is 0 Å². The predicted molar refractivity (Wildman–Crippen MR) is 151 cm³/mol. The molecule has 10 heteroatoms. The van der Waals surface area contributed by atoms with Crippen molar-refractivity contribution in [3.63, 3.8) is 0 Å². The van der Waals surface area contributed by atoms with Crippen LogP contribution in [0.15, 0.2) is 66.9 Å². The normalized spacial score (nSPS) is 18.8. The van der Waals surface area contributed by atoms with Crippen LogP contribution in [0.3, 0.4) is 0 Å². The zero-order valence-corrected chi connectivity index (χ0v) is 22.7. The first kappa shape index (κ1) is 28.4. The molecule has 1 aliphatic heterocycles. The molecular weight excluding hydrogens is 528 g/mol. The Morgan fingerprint density at radius 1 is 0.951 bits per heavy atom. The van der Waals surface area contributed by atoms with Gasteiger partial charge < -0.3 is 20.9 Å². The largest absolute Gasteiger partial charge is 0.330 e. The summed E-state index contributed by atoms with van der Waals surface area (Å²) in [5, 5.41) is 9.21. The summed E-state index contributed by atoms with van der Waals surface area (Å²) in [6.45, 7) is 1.33. The van der Waals surface area contributed by atoms with Gasteiger partial charge in [-0.25, -0.2) is 13.8 Å². The zero-order valence-electron chi connectivity index (χ0n) is 22.7. The Morgan fingerprint density at radius 2 is 1.71 bits per heavy atom. The van der Waals surface area contributed by atoms with Crippen LogP contribution >= 0.6 is 0 Å². The Labute approximate surface area is 237 Å². The van der Waals surface area contributed by atoms with Gasteiger partial charge in [0.05, 0.1) is 12.1 Å². The number of nitrogens with one attached hydrogen (secondary N) is 3. The lowest BCUT2D eigenvalue weighted by Crippen LogP contribution is -2.63. The molecule has 3 amide bonds. The molecule has 2 aromatic carbocycles. The number of aromatic nitrogens is 1. The molecule has 1 atom stereocenters. The van der Waals surface area contributed by atoms with Crippen molar-refractivity contribution >= 4 is 29.2 Å². The Balaban J connectivity index is 0.000000365. The molecule has 3 N–H and O–H groups in total. The summed E-state index contributed by atoms with van der Waals surface area (Å²) >= 11 is 0. The van der Waals surface area contributed by atoms with Gasteiger partial charge >= 0.3 is 0 Å². The molecule has 8 nitrogen and oxygen atoms in total. The average Bonchev–Trinajstić information content (AvgIpc) is 3.60. The summed E-state index contributed by atoms with van der Waals surface area (Å²) < 4.78 is 23.9. The van der Waals surface area contributed by atoms with Crippen molar-refractivity contribution in [3.8, 4) is 0 Å². The van der Waals surface area contributed by atoms with Crippen LogP contribution in [0.5, 0.6) is 0 Å².